The minimum Gasteiger partial charge on any atom is -0.492 e. The summed E-state index contributed by atoms with van der Waals surface area (Å²) in [6.07, 6.45) is -0.931. The van der Waals surface area contributed by atoms with Crippen LogP contribution in [0.4, 0.5) is 20.2 Å². The van der Waals surface area contributed by atoms with Crippen LogP contribution >= 0.6 is 22.6 Å². The molecule has 1 atom stereocenters. The molecule has 174 valence electrons. The number of carbonyl (C=O) groups excluding carboxylic acids is 1. The third-order valence-corrected chi connectivity index (χ3v) is 5.38. The molecule has 0 aliphatic rings. The van der Waals surface area contributed by atoms with Gasteiger partial charge in [0.2, 0.25) is 0 Å². The standard InChI is InChI=1S/C24H23F2IN2O4/c25-16-10-21(29-20-7-6-17(27)12-19(20)26)23(22(11-16)33-9-8-18(31)14-30)24(32)28-13-15-4-2-1-3-5-15/h1-7,10-12,18,29-31H,8-9,13-14H2,(H,28,32). The Labute approximate surface area is 203 Å². The molecular formula is C24H23F2IN2O4. The van der Waals surface area contributed by atoms with Crippen molar-refractivity contribution in [2.75, 3.05) is 18.5 Å². The summed E-state index contributed by atoms with van der Waals surface area (Å²) in [5.74, 6) is -1.87. The molecule has 0 aromatic heterocycles. The average molecular weight is 568 g/mol. The van der Waals surface area contributed by atoms with Crippen LogP contribution in [0.15, 0.2) is 60.7 Å². The molecule has 0 aliphatic heterocycles. The zero-order valence-electron chi connectivity index (χ0n) is 17.5. The van der Waals surface area contributed by atoms with E-state index in [4.69, 9.17) is 9.84 Å². The first kappa shape index (κ1) is 24.9. The van der Waals surface area contributed by atoms with Gasteiger partial charge >= 0.3 is 0 Å². The molecule has 3 rings (SSSR count). The molecule has 6 nitrogen and oxygen atoms in total. The van der Waals surface area contributed by atoms with Gasteiger partial charge in [-0.05, 0) is 52.4 Å². The van der Waals surface area contributed by atoms with Gasteiger partial charge in [-0.25, -0.2) is 8.78 Å². The van der Waals surface area contributed by atoms with Crippen molar-refractivity contribution in [3.8, 4) is 5.75 Å². The second-order valence-electron chi connectivity index (χ2n) is 7.22. The van der Waals surface area contributed by atoms with E-state index < -0.39 is 30.3 Å². The lowest BCUT2D eigenvalue weighted by atomic mass is 10.1. The normalized spacial score (nSPS) is 11.7. The lowest BCUT2D eigenvalue weighted by molar-refractivity contribution is 0.0750. The minimum atomic E-state index is -1.01. The number of anilines is 2. The Hall–Kier alpha value is -2.76. The van der Waals surface area contributed by atoms with Crippen molar-refractivity contribution in [3.05, 3.63) is 87.0 Å². The first-order valence-corrected chi connectivity index (χ1v) is 11.2. The fraction of sp³-hybridized carbons (Fsp3) is 0.208. The van der Waals surface area contributed by atoms with Crippen LogP contribution in [0.1, 0.15) is 22.3 Å². The molecule has 0 saturated heterocycles. The summed E-state index contributed by atoms with van der Waals surface area (Å²) >= 11 is 1.97. The topological polar surface area (TPSA) is 90.8 Å². The Morgan fingerprint density at radius 2 is 1.82 bits per heavy atom. The van der Waals surface area contributed by atoms with Crippen molar-refractivity contribution in [2.24, 2.45) is 0 Å². The zero-order valence-corrected chi connectivity index (χ0v) is 19.7. The third-order valence-electron chi connectivity index (χ3n) is 4.71. The summed E-state index contributed by atoms with van der Waals surface area (Å²) < 4.78 is 35.1. The largest absolute Gasteiger partial charge is 0.492 e. The van der Waals surface area contributed by atoms with E-state index in [1.165, 1.54) is 12.1 Å². The number of carbonyl (C=O) groups is 1. The number of aliphatic hydroxyl groups is 2. The molecule has 3 aromatic rings. The van der Waals surface area contributed by atoms with Crippen molar-refractivity contribution in [2.45, 2.75) is 19.1 Å². The van der Waals surface area contributed by atoms with E-state index in [0.717, 1.165) is 17.7 Å². The smallest absolute Gasteiger partial charge is 0.257 e. The quantitative estimate of drug-likeness (QED) is 0.273. The van der Waals surface area contributed by atoms with Crippen LogP contribution in [0.2, 0.25) is 0 Å². The predicted molar refractivity (Wildman–Crippen MR) is 130 cm³/mol. The van der Waals surface area contributed by atoms with Crippen molar-refractivity contribution < 1.29 is 28.5 Å². The van der Waals surface area contributed by atoms with Crippen LogP contribution in [0.5, 0.6) is 5.75 Å². The van der Waals surface area contributed by atoms with Crippen LogP contribution in [0.3, 0.4) is 0 Å². The van der Waals surface area contributed by atoms with Gasteiger partial charge in [0.15, 0.2) is 0 Å². The van der Waals surface area contributed by atoms with Crippen LogP contribution in [0.25, 0.3) is 0 Å². The summed E-state index contributed by atoms with van der Waals surface area (Å²) in [4.78, 5) is 13.1. The maximum Gasteiger partial charge on any atom is 0.257 e. The Morgan fingerprint density at radius 1 is 1.06 bits per heavy atom. The van der Waals surface area contributed by atoms with E-state index in [-0.39, 0.29) is 42.3 Å². The highest BCUT2D eigenvalue weighted by molar-refractivity contribution is 14.1. The van der Waals surface area contributed by atoms with E-state index in [1.54, 1.807) is 6.07 Å². The number of amides is 1. The van der Waals surface area contributed by atoms with Crippen molar-refractivity contribution >= 4 is 39.9 Å². The maximum atomic E-state index is 14.4. The van der Waals surface area contributed by atoms with Gasteiger partial charge in [0.05, 0.1) is 30.7 Å². The molecule has 33 heavy (non-hydrogen) atoms. The number of nitrogens with one attached hydrogen (secondary N) is 2. The van der Waals surface area contributed by atoms with Crippen molar-refractivity contribution in [1.29, 1.82) is 0 Å². The number of halogens is 3. The monoisotopic (exact) mass is 568 g/mol. The molecule has 9 heteroatoms. The maximum absolute atomic E-state index is 14.4. The Bertz CT molecular complexity index is 1100. The second kappa shape index (κ2) is 11.9. The molecule has 0 bridgehead atoms. The number of benzene rings is 3. The van der Waals surface area contributed by atoms with Gasteiger partial charge in [0, 0.05) is 22.6 Å². The van der Waals surface area contributed by atoms with Gasteiger partial charge < -0.3 is 25.6 Å². The number of aliphatic hydroxyl groups excluding tert-OH is 2. The van der Waals surface area contributed by atoms with Gasteiger partial charge in [-0.1, -0.05) is 30.3 Å². The molecule has 0 spiro atoms. The van der Waals surface area contributed by atoms with Gasteiger partial charge in [-0.3, -0.25) is 4.79 Å². The predicted octanol–water partition coefficient (Wildman–Crippen LogP) is 4.37. The fourth-order valence-electron chi connectivity index (χ4n) is 3.03. The van der Waals surface area contributed by atoms with Crippen molar-refractivity contribution in [1.82, 2.24) is 5.32 Å². The van der Waals surface area contributed by atoms with E-state index in [2.05, 4.69) is 10.6 Å². The molecule has 3 aromatic carbocycles. The number of hydrogen-bond acceptors (Lipinski definition) is 5. The number of rotatable bonds is 10. The van der Waals surface area contributed by atoms with Crippen LogP contribution < -0.4 is 15.4 Å². The molecule has 0 fully saturated rings. The SMILES string of the molecule is O=C(NCc1ccccc1)c1c(Nc2ccc(I)cc2F)cc(F)cc1OCCC(O)CO. The van der Waals surface area contributed by atoms with E-state index in [0.29, 0.717) is 3.57 Å². The summed E-state index contributed by atoms with van der Waals surface area (Å²) in [5, 5.41) is 24.1. The van der Waals surface area contributed by atoms with Crippen LogP contribution in [-0.4, -0.2) is 35.4 Å². The Balaban J connectivity index is 1.92. The molecular weight excluding hydrogens is 545 g/mol. The molecule has 1 unspecified atom stereocenters. The summed E-state index contributed by atoms with van der Waals surface area (Å²) in [5.41, 5.74) is 0.946. The summed E-state index contributed by atoms with van der Waals surface area (Å²) in [7, 11) is 0. The van der Waals surface area contributed by atoms with E-state index in [1.807, 2.05) is 52.9 Å². The third kappa shape index (κ3) is 7.11. The Morgan fingerprint density at radius 3 is 2.52 bits per heavy atom. The summed E-state index contributed by atoms with van der Waals surface area (Å²) in [6.45, 7) is -0.297. The first-order valence-electron chi connectivity index (χ1n) is 10.2. The Kier molecular flexibility index (Phi) is 8.98. The van der Waals surface area contributed by atoms with Gasteiger partial charge in [-0.2, -0.15) is 0 Å². The highest BCUT2D eigenvalue weighted by Crippen LogP contribution is 2.32. The molecule has 0 radical (unpaired) electrons. The number of ether oxygens (including phenoxy) is 1. The van der Waals surface area contributed by atoms with E-state index >= 15 is 0 Å². The van der Waals surface area contributed by atoms with Crippen LogP contribution in [0, 0.1) is 15.2 Å². The molecule has 0 saturated carbocycles. The highest BCUT2D eigenvalue weighted by atomic mass is 127. The average Bonchev–Trinajstić information content (AvgIpc) is 2.79. The second-order valence-corrected chi connectivity index (χ2v) is 8.46. The molecule has 0 heterocycles. The zero-order chi connectivity index (χ0) is 23.8. The fourth-order valence-corrected chi connectivity index (χ4v) is 3.48. The summed E-state index contributed by atoms with van der Waals surface area (Å²) in [6, 6.07) is 15.8. The molecule has 0 aliphatic carbocycles. The highest BCUT2D eigenvalue weighted by Gasteiger charge is 2.21. The molecule has 4 N–H and O–H groups in total. The lowest BCUT2D eigenvalue weighted by Gasteiger charge is -2.18. The van der Waals surface area contributed by atoms with Gasteiger partial charge in [-0.15, -0.1) is 0 Å². The lowest BCUT2D eigenvalue weighted by Crippen LogP contribution is -2.25. The van der Waals surface area contributed by atoms with Gasteiger partial charge in [0.25, 0.3) is 5.91 Å². The first-order chi connectivity index (χ1) is 15.9. The van der Waals surface area contributed by atoms with Gasteiger partial charge in [0.1, 0.15) is 22.9 Å². The van der Waals surface area contributed by atoms with E-state index in [9.17, 15) is 18.7 Å². The minimum absolute atomic E-state index is 0.0104. The van der Waals surface area contributed by atoms with Crippen molar-refractivity contribution in [3.63, 3.8) is 0 Å². The molecule has 1 amide bonds. The number of hydrogen-bond donors (Lipinski definition) is 4. The van der Waals surface area contributed by atoms with Crippen LogP contribution in [-0.2, 0) is 6.54 Å².